The van der Waals surface area contributed by atoms with Crippen LogP contribution in [-0.2, 0) is 13.6 Å². The fourth-order valence-electron chi connectivity index (χ4n) is 3.10. The zero-order chi connectivity index (χ0) is 25.2. The van der Waals surface area contributed by atoms with Crippen LogP contribution in [0, 0.1) is 0 Å². The van der Waals surface area contributed by atoms with E-state index >= 15 is 0 Å². The van der Waals surface area contributed by atoms with Gasteiger partial charge in [-0.05, 0) is 48.4 Å². The van der Waals surface area contributed by atoms with Gasteiger partial charge in [-0.15, -0.1) is 6.58 Å². The molecule has 0 spiro atoms. The predicted octanol–water partition coefficient (Wildman–Crippen LogP) is 6.16. The van der Waals surface area contributed by atoms with Crippen LogP contribution in [0.25, 0.3) is 0 Å². The van der Waals surface area contributed by atoms with Gasteiger partial charge in [0.1, 0.15) is 18.2 Å². The second-order valence-electron chi connectivity index (χ2n) is 12.1. The van der Waals surface area contributed by atoms with E-state index in [1.807, 2.05) is 30.3 Å². The molecule has 0 aromatic heterocycles. The largest absolute Gasteiger partial charge is 0.468 e. The van der Waals surface area contributed by atoms with Crippen LogP contribution in [0.3, 0.4) is 0 Å². The van der Waals surface area contributed by atoms with Crippen molar-refractivity contribution in [3.63, 3.8) is 0 Å². The van der Waals surface area contributed by atoms with Gasteiger partial charge in [0.2, 0.25) is 5.90 Å². The Morgan fingerprint density at radius 2 is 1.58 bits per heavy atom. The van der Waals surface area contributed by atoms with Gasteiger partial charge in [0, 0.05) is 5.56 Å². The number of ether oxygens (including phenoxy) is 1. The third-order valence-corrected chi connectivity index (χ3v) is 16.5. The summed E-state index contributed by atoms with van der Waals surface area (Å²) in [5.74, 6) is 0.514. The van der Waals surface area contributed by atoms with E-state index in [0.717, 1.165) is 5.56 Å². The molecule has 4 atom stereocenters. The van der Waals surface area contributed by atoms with Gasteiger partial charge in [-0.1, -0.05) is 65.8 Å². The second-order valence-corrected chi connectivity index (χ2v) is 21.7. The van der Waals surface area contributed by atoms with Crippen molar-refractivity contribution in [1.29, 1.82) is 0 Å². The molecule has 33 heavy (non-hydrogen) atoms. The highest BCUT2D eigenvalue weighted by atomic mass is 28.4. The lowest BCUT2D eigenvalue weighted by atomic mass is 9.99. The molecular formula is C26H45NO4Si2. The summed E-state index contributed by atoms with van der Waals surface area (Å²) in [5.41, 5.74) is 0.877. The summed E-state index contributed by atoms with van der Waals surface area (Å²) in [5, 5.41) is 11.0. The summed E-state index contributed by atoms with van der Waals surface area (Å²) in [6.07, 6.45) is -0.412. The first-order valence-corrected chi connectivity index (χ1v) is 17.7. The van der Waals surface area contributed by atoms with Crippen molar-refractivity contribution in [2.24, 2.45) is 4.99 Å². The van der Waals surface area contributed by atoms with Crippen molar-refractivity contribution < 1.29 is 18.7 Å². The third kappa shape index (κ3) is 6.66. The molecule has 1 aliphatic rings. The lowest BCUT2D eigenvalue weighted by Gasteiger charge is -2.46. The molecule has 2 rings (SSSR count). The summed E-state index contributed by atoms with van der Waals surface area (Å²) >= 11 is 0. The average molecular weight is 492 g/mol. The molecule has 0 amide bonds. The fraction of sp³-hybridized carbons (Fsp3) is 0.654. The first-order valence-electron chi connectivity index (χ1n) is 11.9. The number of aliphatic hydroxyl groups excluding tert-OH is 1. The van der Waals surface area contributed by atoms with Gasteiger partial charge in [0.05, 0.1) is 6.61 Å². The molecule has 0 radical (unpaired) electrons. The maximum absolute atomic E-state index is 10.9. The fourth-order valence-corrected chi connectivity index (χ4v) is 5.44. The van der Waals surface area contributed by atoms with Crippen LogP contribution in [0.15, 0.2) is 48.0 Å². The van der Waals surface area contributed by atoms with Gasteiger partial charge in [-0.3, -0.25) is 0 Å². The predicted molar refractivity (Wildman–Crippen MR) is 143 cm³/mol. The molecule has 0 aliphatic carbocycles. The van der Waals surface area contributed by atoms with Crippen LogP contribution < -0.4 is 0 Å². The van der Waals surface area contributed by atoms with E-state index < -0.39 is 34.9 Å². The Labute approximate surface area is 203 Å². The normalized spacial score (nSPS) is 23.5. The van der Waals surface area contributed by atoms with Crippen LogP contribution in [0.2, 0.25) is 36.3 Å². The summed E-state index contributed by atoms with van der Waals surface area (Å²) in [4.78, 5) is 5.00. The van der Waals surface area contributed by atoms with E-state index in [9.17, 15) is 5.11 Å². The highest BCUT2D eigenvalue weighted by Gasteiger charge is 2.48. The number of hydrogen-bond donors (Lipinski definition) is 1. The van der Waals surface area contributed by atoms with Crippen molar-refractivity contribution in [1.82, 2.24) is 0 Å². The number of aliphatic imine (C=N–C) groups is 1. The summed E-state index contributed by atoms with van der Waals surface area (Å²) in [6.45, 7) is 26.5. The zero-order valence-electron chi connectivity index (χ0n) is 22.3. The van der Waals surface area contributed by atoms with Crippen molar-refractivity contribution in [3.05, 3.63) is 48.6 Å². The lowest BCUT2D eigenvalue weighted by Crippen LogP contribution is -2.58. The second kappa shape index (κ2) is 10.2. The number of rotatable bonds is 8. The van der Waals surface area contributed by atoms with Gasteiger partial charge in [0.15, 0.2) is 22.7 Å². The van der Waals surface area contributed by atoms with E-state index in [1.165, 1.54) is 6.08 Å². The van der Waals surface area contributed by atoms with E-state index in [2.05, 4.69) is 74.3 Å². The molecule has 1 heterocycles. The number of nitrogens with zero attached hydrogens (tertiary/aromatic N) is 1. The SMILES string of the molecule is C=C[C@H](O)[C@H]1OC(c2ccccc2)=N[C@H](CO[Si](C)(C)C(C)(C)C)[C@@H]1O[Si](C)(C)C(C)(C)C. The standard InChI is InChI=1S/C26H45NO4Si2/c1-12-21(28)23-22(31-33(10,11)26(5,6)7)20(18-29-32(8,9)25(2,3)4)27-24(30-23)19-16-14-13-15-17-19/h12-17,20-23,28H,1,18H2,2-11H3/t20-,21+,22+,23-/m1/s1. The molecule has 0 bridgehead atoms. The van der Waals surface area contributed by atoms with E-state index in [1.54, 1.807) is 0 Å². The molecule has 186 valence electrons. The van der Waals surface area contributed by atoms with E-state index in [4.69, 9.17) is 18.6 Å². The maximum Gasteiger partial charge on any atom is 0.217 e. The number of aliphatic hydroxyl groups is 1. The van der Waals surface area contributed by atoms with Crippen molar-refractivity contribution in [2.45, 2.75) is 102 Å². The van der Waals surface area contributed by atoms with Crippen LogP contribution >= 0.6 is 0 Å². The lowest BCUT2D eigenvalue weighted by molar-refractivity contribution is -0.0530. The summed E-state index contributed by atoms with van der Waals surface area (Å²) in [6, 6.07) is 9.52. The van der Waals surface area contributed by atoms with Crippen molar-refractivity contribution >= 4 is 22.5 Å². The topological polar surface area (TPSA) is 60.3 Å². The smallest absolute Gasteiger partial charge is 0.217 e. The molecule has 1 aromatic rings. The number of benzene rings is 1. The van der Waals surface area contributed by atoms with Crippen LogP contribution in [0.5, 0.6) is 0 Å². The van der Waals surface area contributed by atoms with Crippen molar-refractivity contribution in [3.8, 4) is 0 Å². The molecule has 1 aromatic carbocycles. The van der Waals surface area contributed by atoms with E-state index in [0.29, 0.717) is 12.5 Å². The minimum atomic E-state index is -2.19. The highest BCUT2D eigenvalue weighted by molar-refractivity contribution is 6.74. The quantitative estimate of drug-likeness (QED) is 0.349. The van der Waals surface area contributed by atoms with Crippen molar-refractivity contribution in [2.75, 3.05) is 6.61 Å². The number of hydrogen-bond acceptors (Lipinski definition) is 5. The van der Waals surface area contributed by atoms with Crippen LogP contribution in [-0.4, -0.2) is 58.6 Å². The van der Waals surface area contributed by atoms with Gasteiger partial charge in [0.25, 0.3) is 0 Å². The van der Waals surface area contributed by atoms with Gasteiger partial charge in [-0.25, -0.2) is 4.99 Å². The highest BCUT2D eigenvalue weighted by Crippen LogP contribution is 2.41. The third-order valence-electron chi connectivity index (χ3n) is 7.49. The molecule has 0 saturated carbocycles. The van der Waals surface area contributed by atoms with Gasteiger partial charge >= 0.3 is 0 Å². The Bertz CT molecular complexity index is 825. The molecule has 5 nitrogen and oxygen atoms in total. The Morgan fingerprint density at radius 1 is 1.03 bits per heavy atom. The molecular weight excluding hydrogens is 446 g/mol. The van der Waals surface area contributed by atoms with Gasteiger partial charge in [-0.2, -0.15) is 0 Å². The summed E-state index contributed by atoms with van der Waals surface area (Å²) < 4.78 is 19.8. The average Bonchev–Trinajstić information content (AvgIpc) is 2.71. The maximum atomic E-state index is 10.9. The molecule has 0 unspecified atom stereocenters. The summed E-state index contributed by atoms with van der Waals surface area (Å²) in [7, 11) is -4.20. The molecule has 0 fully saturated rings. The first-order chi connectivity index (χ1) is 15.0. The minimum Gasteiger partial charge on any atom is -0.468 e. The molecule has 7 heteroatoms. The minimum absolute atomic E-state index is 0.00490. The first kappa shape index (κ1) is 28.0. The van der Waals surface area contributed by atoms with Crippen LogP contribution in [0.1, 0.15) is 47.1 Å². The van der Waals surface area contributed by atoms with E-state index in [-0.39, 0.29) is 16.1 Å². The Morgan fingerprint density at radius 3 is 2.06 bits per heavy atom. The Kier molecular flexibility index (Phi) is 8.61. The molecule has 0 saturated heterocycles. The molecule has 1 N–H and O–H groups in total. The zero-order valence-corrected chi connectivity index (χ0v) is 24.3. The Hall–Kier alpha value is -1.26. The Balaban J connectivity index is 2.51. The van der Waals surface area contributed by atoms with Crippen LogP contribution in [0.4, 0.5) is 0 Å². The monoisotopic (exact) mass is 491 g/mol. The molecule has 1 aliphatic heterocycles. The van der Waals surface area contributed by atoms with Gasteiger partial charge < -0.3 is 18.7 Å².